The van der Waals surface area contributed by atoms with Gasteiger partial charge in [0, 0.05) is 6.42 Å². The Morgan fingerprint density at radius 1 is 1.30 bits per heavy atom. The molecular formula is C16H30O3Si. The average Bonchev–Trinajstić information content (AvgIpc) is 2.40. The zero-order valence-corrected chi connectivity index (χ0v) is 15.3. The van der Waals surface area contributed by atoms with Gasteiger partial charge in [0.1, 0.15) is 11.7 Å². The Balaban J connectivity index is 2.30. The molecule has 20 heavy (non-hydrogen) atoms. The van der Waals surface area contributed by atoms with Crippen molar-refractivity contribution in [3.63, 3.8) is 0 Å². The Hall–Kier alpha value is -0.193. The number of ketones is 1. The van der Waals surface area contributed by atoms with Gasteiger partial charge in [-0.3, -0.25) is 4.79 Å². The van der Waals surface area contributed by atoms with Crippen LogP contribution in [0.3, 0.4) is 0 Å². The molecule has 116 valence electrons. The van der Waals surface area contributed by atoms with Crippen molar-refractivity contribution >= 4 is 14.1 Å². The van der Waals surface area contributed by atoms with Crippen LogP contribution >= 0.6 is 0 Å². The Morgan fingerprint density at radius 2 is 1.85 bits per heavy atom. The van der Waals surface area contributed by atoms with Crippen LogP contribution in [-0.2, 0) is 14.0 Å². The fourth-order valence-electron chi connectivity index (χ4n) is 3.38. The molecule has 0 radical (unpaired) electrons. The molecule has 0 aliphatic carbocycles. The largest absolute Gasteiger partial charge is 0.404 e. The zero-order valence-electron chi connectivity index (χ0n) is 14.3. The molecule has 0 unspecified atom stereocenters. The van der Waals surface area contributed by atoms with E-state index in [0.717, 1.165) is 6.42 Å². The molecule has 3 nitrogen and oxygen atoms in total. The molecule has 0 spiro atoms. The van der Waals surface area contributed by atoms with Crippen molar-refractivity contribution in [3.8, 4) is 0 Å². The number of carbonyl (C=O) groups excluding carboxylic acids is 1. The molecule has 2 fully saturated rings. The summed E-state index contributed by atoms with van der Waals surface area (Å²) < 4.78 is 12.8. The molecule has 2 saturated heterocycles. The second-order valence-corrected chi connectivity index (χ2v) is 13.5. The maximum absolute atomic E-state index is 12.6. The summed E-state index contributed by atoms with van der Waals surface area (Å²) in [5, 5.41) is 0.103. The summed E-state index contributed by atoms with van der Waals surface area (Å²) in [5.41, 5.74) is -0.738. The molecular weight excluding hydrogens is 268 g/mol. The van der Waals surface area contributed by atoms with Gasteiger partial charge >= 0.3 is 0 Å². The lowest BCUT2D eigenvalue weighted by Crippen LogP contribution is -2.59. The SMILES string of the molecule is C[C@@H]1C[C@@]2(C)CC(=O)[C@@H](O[Si](C)(C)C(C)(C)C)[C@]1(C)O2. The second-order valence-electron chi connectivity index (χ2n) is 8.74. The first-order valence-corrected chi connectivity index (χ1v) is 10.6. The van der Waals surface area contributed by atoms with Gasteiger partial charge in [-0.15, -0.1) is 0 Å². The highest BCUT2D eigenvalue weighted by molar-refractivity contribution is 6.74. The van der Waals surface area contributed by atoms with Crippen LogP contribution in [0.15, 0.2) is 0 Å². The van der Waals surface area contributed by atoms with E-state index in [0.29, 0.717) is 12.3 Å². The molecule has 4 atom stereocenters. The van der Waals surface area contributed by atoms with Crippen molar-refractivity contribution in [2.75, 3.05) is 0 Å². The Bertz CT molecular complexity index is 426. The van der Waals surface area contributed by atoms with E-state index in [4.69, 9.17) is 9.16 Å². The molecule has 2 aliphatic heterocycles. The summed E-state index contributed by atoms with van der Waals surface area (Å²) in [5.74, 6) is 0.587. The van der Waals surface area contributed by atoms with Crippen LogP contribution in [0.2, 0.25) is 18.1 Å². The molecule has 0 amide bonds. The van der Waals surface area contributed by atoms with E-state index in [1.54, 1.807) is 0 Å². The summed E-state index contributed by atoms with van der Waals surface area (Å²) in [6, 6.07) is 0. The van der Waals surface area contributed by atoms with Gasteiger partial charge in [0.25, 0.3) is 0 Å². The molecule has 2 bridgehead atoms. The first-order chi connectivity index (χ1) is 8.81. The third-order valence-corrected chi connectivity index (χ3v) is 10.2. The van der Waals surface area contributed by atoms with Crippen molar-refractivity contribution in [1.29, 1.82) is 0 Å². The lowest BCUT2D eigenvalue weighted by atomic mass is 9.85. The molecule has 2 rings (SSSR count). The fourth-order valence-corrected chi connectivity index (χ4v) is 4.69. The van der Waals surface area contributed by atoms with Crippen LogP contribution in [0, 0.1) is 5.92 Å². The molecule has 2 aliphatic rings. The van der Waals surface area contributed by atoms with Crippen molar-refractivity contribution in [2.45, 2.75) is 89.8 Å². The van der Waals surface area contributed by atoms with Crippen molar-refractivity contribution in [1.82, 2.24) is 0 Å². The van der Waals surface area contributed by atoms with Crippen LogP contribution in [0.25, 0.3) is 0 Å². The van der Waals surface area contributed by atoms with E-state index in [1.165, 1.54) is 0 Å². The van der Waals surface area contributed by atoms with Crippen LogP contribution in [0.1, 0.15) is 54.4 Å². The van der Waals surface area contributed by atoms with E-state index in [-0.39, 0.29) is 16.4 Å². The number of fused-ring (bicyclic) bond motifs is 2. The summed E-state index contributed by atoms with van der Waals surface area (Å²) >= 11 is 0. The molecule has 0 aromatic rings. The lowest BCUT2D eigenvalue weighted by molar-refractivity contribution is -0.187. The number of hydrogen-bond acceptors (Lipinski definition) is 3. The number of carbonyl (C=O) groups is 1. The first-order valence-electron chi connectivity index (χ1n) is 7.71. The predicted octanol–water partition coefficient (Wildman–Crippen LogP) is 3.92. The lowest BCUT2D eigenvalue weighted by Gasteiger charge is -2.47. The van der Waals surface area contributed by atoms with E-state index in [2.05, 4.69) is 54.6 Å². The monoisotopic (exact) mass is 298 g/mol. The van der Waals surface area contributed by atoms with Gasteiger partial charge in [-0.2, -0.15) is 0 Å². The summed E-state index contributed by atoms with van der Waals surface area (Å²) in [7, 11) is -1.98. The maximum Gasteiger partial charge on any atom is 0.193 e. The van der Waals surface area contributed by atoms with Crippen LogP contribution in [0.5, 0.6) is 0 Å². The summed E-state index contributed by atoms with van der Waals surface area (Å²) in [6.45, 7) is 17.3. The van der Waals surface area contributed by atoms with Crippen molar-refractivity contribution in [2.24, 2.45) is 5.92 Å². The predicted molar refractivity (Wildman–Crippen MR) is 83.4 cm³/mol. The van der Waals surface area contributed by atoms with E-state index < -0.39 is 20.0 Å². The standard InChI is InChI=1S/C16H30O3Si/c1-11-9-15(5)10-12(17)13(16(11,6)19-15)18-20(7,8)14(2,3)4/h11,13H,9-10H2,1-8H3/t11-,13-,15+,16-/m1/s1. The number of hydrogen-bond donors (Lipinski definition) is 0. The van der Waals surface area contributed by atoms with Gasteiger partial charge in [-0.1, -0.05) is 27.7 Å². The number of rotatable bonds is 2. The van der Waals surface area contributed by atoms with Gasteiger partial charge < -0.3 is 9.16 Å². The number of ether oxygens (including phenoxy) is 1. The summed E-state index contributed by atoms with van der Waals surface area (Å²) in [6.07, 6.45) is 1.05. The molecule has 4 heteroatoms. The normalized spacial score (nSPS) is 42.1. The molecule has 0 aromatic carbocycles. The highest BCUT2D eigenvalue weighted by atomic mass is 28.4. The van der Waals surface area contributed by atoms with Crippen molar-refractivity contribution in [3.05, 3.63) is 0 Å². The van der Waals surface area contributed by atoms with Gasteiger partial charge in [0.15, 0.2) is 14.1 Å². The highest BCUT2D eigenvalue weighted by Crippen LogP contribution is 2.52. The minimum atomic E-state index is -1.98. The zero-order chi connectivity index (χ0) is 15.6. The van der Waals surface area contributed by atoms with E-state index >= 15 is 0 Å². The molecule has 0 aromatic heterocycles. The fraction of sp³-hybridized carbons (Fsp3) is 0.938. The average molecular weight is 298 g/mol. The number of Topliss-reactive ketones (excluding diaryl/α,β-unsaturated/α-hetero) is 1. The summed E-state index contributed by atoms with van der Waals surface area (Å²) in [4.78, 5) is 12.6. The van der Waals surface area contributed by atoms with Gasteiger partial charge in [-0.05, 0) is 44.3 Å². The first kappa shape index (κ1) is 16.2. The topological polar surface area (TPSA) is 35.5 Å². The van der Waals surface area contributed by atoms with Crippen LogP contribution < -0.4 is 0 Å². The van der Waals surface area contributed by atoms with Gasteiger partial charge in [0.2, 0.25) is 0 Å². The smallest absolute Gasteiger partial charge is 0.193 e. The Morgan fingerprint density at radius 3 is 2.35 bits per heavy atom. The third kappa shape index (κ3) is 2.40. The minimum Gasteiger partial charge on any atom is -0.404 e. The highest BCUT2D eigenvalue weighted by Gasteiger charge is 2.61. The van der Waals surface area contributed by atoms with E-state index in [9.17, 15) is 4.79 Å². The maximum atomic E-state index is 12.6. The molecule has 2 heterocycles. The van der Waals surface area contributed by atoms with Crippen LogP contribution in [-0.4, -0.2) is 31.4 Å². The third-order valence-electron chi connectivity index (χ3n) is 5.76. The minimum absolute atomic E-state index is 0.103. The Kier molecular flexibility index (Phi) is 3.56. The molecule has 0 N–H and O–H groups in total. The van der Waals surface area contributed by atoms with Crippen molar-refractivity contribution < 1.29 is 14.0 Å². The Labute approximate surface area is 124 Å². The molecule has 0 saturated carbocycles. The van der Waals surface area contributed by atoms with Crippen LogP contribution in [0.4, 0.5) is 0 Å². The van der Waals surface area contributed by atoms with E-state index in [1.807, 2.05) is 0 Å². The second kappa shape index (κ2) is 4.40. The van der Waals surface area contributed by atoms with Gasteiger partial charge in [0.05, 0.1) is 5.60 Å². The van der Waals surface area contributed by atoms with Gasteiger partial charge in [-0.25, -0.2) is 0 Å². The quantitative estimate of drug-likeness (QED) is 0.725.